The van der Waals surface area contributed by atoms with Crippen molar-refractivity contribution in [2.75, 3.05) is 6.61 Å². The van der Waals surface area contributed by atoms with Crippen molar-refractivity contribution in [1.82, 2.24) is 4.98 Å². The molecule has 0 aliphatic heterocycles. The molecule has 1 unspecified atom stereocenters. The molecule has 1 heterocycles. The summed E-state index contributed by atoms with van der Waals surface area (Å²) in [4.78, 5) is 15.3. The van der Waals surface area contributed by atoms with E-state index in [4.69, 9.17) is 9.15 Å². The number of allylic oxidation sites excluding steroid dienone is 1. The smallest absolute Gasteiger partial charge is 0.360 e. The minimum Gasteiger partial charge on any atom is -0.461 e. The lowest BCUT2D eigenvalue weighted by Gasteiger charge is -1.94. The lowest BCUT2D eigenvalue weighted by Crippen LogP contribution is -2.04. The third-order valence-electron chi connectivity index (χ3n) is 2.10. The molecule has 1 aromatic heterocycles. The highest BCUT2D eigenvalue weighted by molar-refractivity contribution is 5.86. The first-order chi connectivity index (χ1) is 6.72. The van der Waals surface area contributed by atoms with Crippen molar-refractivity contribution in [3.8, 4) is 0 Å². The van der Waals surface area contributed by atoms with E-state index in [9.17, 15) is 4.79 Å². The van der Waals surface area contributed by atoms with E-state index in [2.05, 4.69) is 11.6 Å². The van der Waals surface area contributed by atoms with Crippen LogP contribution in [-0.2, 0) is 4.74 Å². The van der Waals surface area contributed by atoms with E-state index in [-0.39, 0.29) is 11.6 Å². The summed E-state index contributed by atoms with van der Waals surface area (Å²) in [5, 5.41) is 0. The van der Waals surface area contributed by atoms with E-state index in [1.54, 1.807) is 6.92 Å². The Morgan fingerprint density at radius 2 is 2.57 bits per heavy atom. The molecule has 1 saturated carbocycles. The molecule has 0 aromatic carbocycles. The molecule has 1 aliphatic carbocycles. The first-order valence-electron chi connectivity index (χ1n) is 4.52. The summed E-state index contributed by atoms with van der Waals surface area (Å²) in [5.74, 6) is 0.338. The zero-order valence-electron chi connectivity index (χ0n) is 7.95. The highest BCUT2D eigenvalue weighted by atomic mass is 16.5. The van der Waals surface area contributed by atoms with Gasteiger partial charge in [0.05, 0.1) is 12.5 Å². The van der Waals surface area contributed by atoms with Gasteiger partial charge in [-0.2, -0.15) is 0 Å². The van der Waals surface area contributed by atoms with Gasteiger partial charge in [0.1, 0.15) is 6.26 Å². The molecule has 0 saturated heterocycles. The Labute approximate surface area is 81.6 Å². The van der Waals surface area contributed by atoms with Gasteiger partial charge in [-0.1, -0.05) is 12.2 Å². The molecule has 14 heavy (non-hydrogen) atoms. The van der Waals surface area contributed by atoms with Crippen LogP contribution in [0.1, 0.15) is 35.6 Å². The molecule has 4 heteroatoms. The average molecular weight is 193 g/mol. The molecule has 0 bridgehead atoms. The van der Waals surface area contributed by atoms with Crippen LogP contribution >= 0.6 is 0 Å². The van der Waals surface area contributed by atoms with Gasteiger partial charge in [0.15, 0.2) is 5.69 Å². The Bertz CT molecular complexity index is 380. The van der Waals surface area contributed by atoms with E-state index in [0.717, 1.165) is 12.0 Å². The Balaban J connectivity index is 2.09. The van der Waals surface area contributed by atoms with Crippen molar-refractivity contribution in [3.05, 3.63) is 30.0 Å². The van der Waals surface area contributed by atoms with E-state index in [1.165, 1.54) is 6.26 Å². The Kier molecular flexibility index (Phi) is 2.11. The number of ether oxygens (including phenoxy) is 1. The molecule has 1 atom stereocenters. The van der Waals surface area contributed by atoms with Gasteiger partial charge in [0.25, 0.3) is 0 Å². The van der Waals surface area contributed by atoms with E-state index in [0.29, 0.717) is 12.5 Å². The zero-order chi connectivity index (χ0) is 10.1. The second-order valence-electron chi connectivity index (χ2n) is 3.21. The number of carbonyl (C=O) groups is 1. The van der Waals surface area contributed by atoms with Crippen LogP contribution in [-0.4, -0.2) is 17.6 Å². The van der Waals surface area contributed by atoms with Crippen LogP contribution in [0, 0.1) is 0 Å². The fourth-order valence-electron chi connectivity index (χ4n) is 1.21. The summed E-state index contributed by atoms with van der Waals surface area (Å²) in [6.45, 7) is 5.89. The Hall–Kier alpha value is -1.58. The van der Waals surface area contributed by atoms with Crippen LogP contribution < -0.4 is 0 Å². The second-order valence-corrected chi connectivity index (χ2v) is 3.21. The van der Waals surface area contributed by atoms with Gasteiger partial charge in [0.2, 0.25) is 5.89 Å². The van der Waals surface area contributed by atoms with Gasteiger partial charge < -0.3 is 9.15 Å². The molecule has 4 nitrogen and oxygen atoms in total. The van der Waals surface area contributed by atoms with Crippen molar-refractivity contribution in [3.63, 3.8) is 0 Å². The zero-order valence-corrected chi connectivity index (χ0v) is 7.95. The minimum atomic E-state index is -0.436. The standard InChI is InChI=1S/C10H11NO3/c1-3-13-10(12)8-5-14-9(11-8)7-4-6(7)2/h5,7H,2-4H2,1H3. The van der Waals surface area contributed by atoms with E-state index in [1.807, 2.05) is 0 Å². The van der Waals surface area contributed by atoms with Crippen molar-refractivity contribution < 1.29 is 13.9 Å². The van der Waals surface area contributed by atoms with E-state index < -0.39 is 5.97 Å². The lowest BCUT2D eigenvalue weighted by molar-refractivity contribution is 0.0519. The quantitative estimate of drug-likeness (QED) is 0.543. The molecule has 0 spiro atoms. The number of aromatic nitrogens is 1. The highest BCUT2D eigenvalue weighted by Gasteiger charge is 2.34. The number of oxazole rings is 1. The fourth-order valence-corrected chi connectivity index (χ4v) is 1.21. The molecule has 1 aromatic rings. The lowest BCUT2D eigenvalue weighted by atomic mass is 10.4. The van der Waals surface area contributed by atoms with Crippen LogP contribution in [0.4, 0.5) is 0 Å². The Morgan fingerprint density at radius 1 is 1.86 bits per heavy atom. The predicted octanol–water partition coefficient (Wildman–Crippen LogP) is 1.89. The molecular weight excluding hydrogens is 182 g/mol. The molecule has 2 rings (SSSR count). The summed E-state index contributed by atoms with van der Waals surface area (Å²) in [6.07, 6.45) is 2.24. The van der Waals surface area contributed by atoms with Crippen LogP contribution in [0.15, 0.2) is 22.8 Å². The van der Waals surface area contributed by atoms with E-state index >= 15 is 0 Å². The largest absolute Gasteiger partial charge is 0.461 e. The number of carbonyl (C=O) groups excluding carboxylic acids is 1. The summed E-state index contributed by atoms with van der Waals surface area (Å²) in [7, 11) is 0. The van der Waals surface area contributed by atoms with Crippen molar-refractivity contribution in [1.29, 1.82) is 0 Å². The van der Waals surface area contributed by atoms with Crippen molar-refractivity contribution in [2.24, 2.45) is 0 Å². The number of esters is 1. The number of nitrogens with zero attached hydrogens (tertiary/aromatic N) is 1. The molecule has 1 fully saturated rings. The number of rotatable bonds is 3. The topological polar surface area (TPSA) is 52.3 Å². The summed E-state index contributed by atoms with van der Waals surface area (Å²) in [6, 6.07) is 0. The third-order valence-corrected chi connectivity index (χ3v) is 2.10. The summed E-state index contributed by atoms with van der Waals surface area (Å²) >= 11 is 0. The summed E-state index contributed by atoms with van der Waals surface area (Å²) < 4.78 is 9.94. The van der Waals surface area contributed by atoms with Crippen LogP contribution in [0.2, 0.25) is 0 Å². The number of hydrogen-bond acceptors (Lipinski definition) is 4. The highest BCUT2D eigenvalue weighted by Crippen LogP contribution is 2.44. The molecular formula is C10H11NO3. The third kappa shape index (κ3) is 1.55. The van der Waals surface area contributed by atoms with Crippen molar-refractivity contribution in [2.45, 2.75) is 19.3 Å². The van der Waals surface area contributed by atoms with Crippen LogP contribution in [0.5, 0.6) is 0 Å². The first kappa shape index (κ1) is 8.99. The minimum absolute atomic E-state index is 0.207. The molecule has 0 N–H and O–H groups in total. The predicted molar refractivity (Wildman–Crippen MR) is 49.0 cm³/mol. The molecule has 0 radical (unpaired) electrons. The first-order valence-corrected chi connectivity index (χ1v) is 4.52. The van der Waals surface area contributed by atoms with Gasteiger partial charge in [-0.25, -0.2) is 9.78 Å². The normalized spacial score (nSPS) is 19.5. The van der Waals surface area contributed by atoms with Gasteiger partial charge in [0, 0.05) is 0 Å². The van der Waals surface area contributed by atoms with Crippen molar-refractivity contribution >= 4 is 5.97 Å². The van der Waals surface area contributed by atoms with Gasteiger partial charge in [-0.3, -0.25) is 0 Å². The van der Waals surface area contributed by atoms with Crippen LogP contribution in [0.3, 0.4) is 0 Å². The second kappa shape index (κ2) is 3.29. The average Bonchev–Trinajstić information content (AvgIpc) is 2.70. The van der Waals surface area contributed by atoms with Gasteiger partial charge in [-0.05, 0) is 13.3 Å². The Morgan fingerprint density at radius 3 is 3.14 bits per heavy atom. The summed E-state index contributed by atoms with van der Waals surface area (Å²) in [5.41, 5.74) is 1.34. The van der Waals surface area contributed by atoms with Crippen LogP contribution in [0.25, 0.3) is 0 Å². The maximum Gasteiger partial charge on any atom is 0.360 e. The SMILES string of the molecule is C=C1CC1c1nc(C(=O)OCC)co1. The van der Waals surface area contributed by atoms with Gasteiger partial charge in [-0.15, -0.1) is 0 Å². The van der Waals surface area contributed by atoms with Gasteiger partial charge >= 0.3 is 5.97 Å². The molecule has 0 amide bonds. The number of hydrogen-bond donors (Lipinski definition) is 0. The molecule has 1 aliphatic rings. The fraction of sp³-hybridized carbons (Fsp3) is 0.400. The maximum atomic E-state index is 11.2. The maximum absolute atomic E-state index is 11.2. The monoisotopic (exact) mass is 193 g/mol. The molecule has 74 valence electrons.